The minimum absolute atomic E-state index is 0.104. The van der Waals surface area contributed by atoms with Crippen LogP contribution >= 0.6 is 11.6 Å². The van der Waals surface area contributed by atoms with Crippen molar-refractivity contribution in [3.63, 3.8) is 0 Å². The summed E-state index contributed by atoms with van der Waals surface area (Å²) < 4.78 is 5.07. The number of methoxy groups -OCH3 is 1. The number of halogens is 1. The number of hydrogen-bond donors (Lipinski definition) is 1. The van der Waals surface area contributed by atoms with Gasteiger partial charge in [0.25, 0.3) is 0 Å². The summed E-state index contributed by atoms with van der Waals surface area (Å²) in [5, 5.41) is 11.1. The number of aromatic nitrogens is 1. The van der Waals surface area contributed by atoms with Gasteiger partial charge >= 0.3 is 0 Å². The molecule has 0 saturated carbocycles. The Labute approximate surface area is 144 Å². The van der Waals surface area contributed by atoms with Crippen molar-refractivity contribution >= 4 is 34.4 Å². The Kier molecular flexibility index (Phi) is 4.49. The van der Waals surface area contributed by atoms with Gasteiger partial charge in [0, 0.05) is 10.9 Å². The van der Waals surface area contributed by atoms with Gasteiger partial charge in [-0.15, -0.1) is 0 Å². The molecule has 120 valence electrons. The zero-order valence-corrected chi connectivity index (χ0v) is 13.6. The Balaban J connectivity index is 1.93. The van der Waals surface area contributed by atoms with Crippen LogP contribution in [0.4, 0.5) is 0 Å². The molecule has 3 rings (SSSR count). The number of ketones is 1. The van der Waals surface area contributed by atoms with Crippen LogP contribution in [0.5, 0.6) is 11.5 Å². The van der Waals surface area contributed by atoms with Crippen LogP contribution in [-0.4, -0.2) is 23.0 Å². The van der Waals surface area contributed by atoms with E-state index in [1.54, 1.807) is 12.1 Å². The first-order chi connectivity index (χ1) is 11.6. The Morgan fingerprint density at radius 3 is 2.79 bits per heavy atom. The first-order valence-electron chi connectivity index (χ1n) is 7.23. The van der Waals surface area contributed by atoms with E-state index in [1.807, 2.05) is 30.3 Å². The highest BCUT2D eigenvalue weighted by Crippen LogP contribution is 2.25. The Morgan fingerprint density at radius 1 is 1.21 bits per heavy atom. The highest BCUT2D eigenvalue weighted by Gasteiger charge is 2.10. The molecule has 1 heterocycles. The maximum atomic E-state index is 12.3. The van der Waals surface area contributed by atoms with Crippen molar-refractivity contribution in [3.8, 4) is 11.5 Å². The van der Waals surface area contributed by atoms with Crippen molar-refractivity contribution in [2.45, 2.75) is 0 Å². The second-order valence-corrected chi connectivity index (χ2v) is 5.50. The maximum absolute atomic E-state index is 12.3. The number of benzene rings is 2. The van der Waals surface area contributed by atoms with E-state index >= 15 is 0 Å². The molecule has 0 aliphatic carbocycles. The number of aromatic hydroxyl groups is 1. The van der Waals surface area contributed by atoms with E-state index in [0.29, 0.717) is 16.5 Å². The van der Waals surface area contributed by atoms with E-state index in [2.05, 4.69) is 4.98 Å². The third-order valence-electron chi connectivity index (χ3n) is 3.59. The summed E-state index contributed by atoms with van der Waals surface area (Å²) >= 11 is 6.17. The number of hydrogen-bond acceptors (Lipinski definition) is 4. The van der Waals surface area contributed by atoms with Crippen LogP contribution < -0.4 is 4.74 Å². The third-order valence-corrected chi connectivity index (χ3v) is 3.89. The average molecular weight is 340 g/mol. The fraction of sp³-hybridized carbons (Fsp3) is 0.0526. The van der Waals surface area contributed by atoms with Gasteiger partial charge in [0.2, 0.25) is 0 Å². The van der Waals surface area contributed by atoms with E-state index in [-0.39, 0.29) is 17.1 Å². The zero-order chi connectivity index (χ0) is 17.1. The number of ether oxygens (including phenoxy) is 1. The summed E-state index contributed by atoms with van der Waals surface area (Å²) in [6.07, 6.45) is 2.94. The SMILES string of the molecule is COc1ccc(O)c(C(=O)/C=C/c2cc3ccccc3nc2Cl)c1. The van der Waals surface area contributed by atoms with Crippen molar-refractivity contribution in [1.29, 1.82) is 0 Å². The maximum Gasteiger partial charge on any atom is 0.189 e. The fourth-order valence-electron chi connectivity index (χ4n) is 2.32. The van der Waals surface area contributed by atoms with Crippen molar-refractivity contribution in [2.24, 2.45) is 0 Å². The van der Waals surface area contributed by atoms with Gasteiger partial charge in [-0.1, -0.05) is 29.8 Å². The number of fused-ring (bicyclic) bond motifs is 1. The molecule has 1 aromatic heterocycles. The van der Waals surface area contributed by atoms with Crippen molar-refractivity contribution < 1.29 is 14.6 Å². The molecule has 0 spiro atoms. The molecule has 3 aromatic rings. The van der Waals surface area contributed by atoms with Crippen LogP contribution in [0.3, 0.4) is 0 Å². The molecular formula is C19H14ClNO3. The van der Waals surface area contributed by atoms with Crippen molar-refractivity contribution in [1.82, 2.24) is 4.98 Å². The monoisotopic (exact) mass is 339 g/mol. The van der Waals surface area contributed by atoms with Gasteiger partial charge in [-0.3, -0.25) is 4.79 Å². The van der Waals surface area contributed by atoms with Gasteiger partial charge in [-0.2, -0.15) is 0 Å². The van der Waals surface area contributed by atoms with Gasteiger partial charge in [-0.05, 0) is 42.5 Å². The molecule has 2 aromatic carbocycles. The summed E-state index contributed by atoms with van der Waals surface area (Å²) in [5.41, 5.74) is 1.58. The number of para-hydroxylation sites is 1. The predicted molar refractivity (Wildman–Crippen MR) is 94.8 cm³/mol. The standard InChI is InChI=1S/C19H14ClNO3/c1-24-14-7-9-18(23)15(11-14)17(22)8-6-13-10-12-4-2-3-5-16(12)21-19(13)20/h2-11,23H,1H3/b8-6+. The van der Waals surface area contributed by atoms with Gasteiger partial charge in [0.15, 0.2) is 5.78 Å². The number of pyridine rings is 1. The molecule has 0 atom stereocenters. The topological polar surface area (TPSA) is 59.4 Å². The predicted octanol–water partition coefficient (Wildman–Crippen LogP) is 4.50. The van der Waals surface area contributed by atoms with Crippen LogP contribution in [-0.2, 0) is 0 Å². The molecule has 0 amide bonds. The number of carbonyl (C=O) groups is 1. The molecule has 0 fully saturated rings. The molecular weight excluding hydrogens is 326 g/mol. The van der Waals surface area contributed by atoms with Crippen molar-refractivity contribution in [2.75, 3.05) is 7.11 Å². The van der Waals surface area contributed by atoms with E-state index in [0.717, 1.165) is 10.9 Å². The lowest BCUT2D eigenvalue weighted by molar-refractivity contribution is 0.104. The molecule has 0 aliphatic heterocycles. The molecule has 5 heteroatoms. The summed E-state index contributed by atoms with van der Waals surface area (Å²) in [5.74, 6) is 0.0405. The Bertz CT molecular complexity index is 950. The number of allylic oxidation sites excluding steroid dienone is 1. The van der Waals surface area contributed by atoms with E-state index in [1.165, 1.54) is 25.3 Å². The molecule has 0 radical (unpaired) electrons. The minimum atomic E-state index is -0.351. The van der Waals surface area contributed by atoms with Gasteiger partial charge in [0.05, 0.1) is 18.2 Å². The normalized spacial score (nSPS) is 11.1. The fourth-order valence-corrected chi connectivity index (χ4v) is 2.53. The van der Waals surface area contributed by atoms with Crippen LogP contribution in [0.1, 0.15) is 15.9 Å². The first-order valence-corrected chi connectivity index (χ1v) is 7.61. The highest BCUT2D eigenvalue weighted by molar-refractivity contribution is 6.31. The average Bonchev–Trinajstić information content (AvgIpc) is 2.60. The van der Waals surface area contributed by atoms with Crippen LogP contribution in [0.25, 0.3) is 17.0 Å². The quantitative estimate of drug-likeness (QED) is 0.432. The largest absolute Gasteiger partial charge is 0.507 e. The second-order valence-electron chi connectivity index (χ2n) is 5.14. The first kappa shape index (κ1) is 16.0. The van der Waals surface area contributed by atoms with Crippen LogP contribution in [0.15, 0.2) is 54.6 Å². The summed E-state index contributed by atoms with van der Waals surface area (Å²) in [6.45, 7) is 0. The molecule has 1 N–H and O–H groups in total. The van der Waals surface area contributed by atoms with Gasteiger partial charge < -0.3 is 9.84 Å². The van der Waals surface area contributed by atoms with Crippen LogP contribution in [0, 0.1) is 0 Å². The minimum Gasteiger partial charge on any atom is -0.507 e. The van der Waals surface area contributed by atoms with Gasteiger partial charge in [0.1, 0.15) is 16.7 Å². The molecule has 0 saturated heterocycles. The Morgan fingerprint density at radius 2 is 2.00 bits per heavy atom. The third kappa shape index (κ3) is 3.24. The second kappa shape index (κ2) is 6.72. The summed E-state index contributed by atoms with van der Waals surface area (Å²) in [6, 6.07) is 13.9. The molecule has 24 heavy (non-hydrogen) atoms. The molecule has 0 bridgehead atoms. The number of carbonyl (C=O) groups excluding carboxylic acids is 1. The molecule has 0 unspecified atom stereocenters. The lowest BCUT2D eigenvalue weighted by atomic mass is 10.1. The summed E-state index contributed by atoms with van der Waals surface area (Å²) in [7, 11) is 1.50. The smallest absolute Gasteiger partial charge is 0.189 e. The van der Waals surface area contributed by atoms with E-state index < -0.39 is 0 Å². The summed E-state index contributed by atoms with van der Waals surface area (Å²) in [4.78, 5) is 16.6. The van der Waals surface area contributed by atoms with E-state index in [9.17, 15) is 9.90 Å². The number of rotatable bonds is 4. The lowest BCUT2D eigenvalue weighted by Crippen LogP contribution is -1.96. The number of nitrogens with zero attached hydrogens (tertiary/aromatic N) is 1. The van der Waals surface area contributed by atoms with Crippen molar-refractivity contribution in [3.05, 3.63) is 70.9 Å². The number of phenolic OH excluding ortho intramolecular Hbond substituents is 1. The van der Waals surface area contributed by atoms with E-state index in [4.69, 9.17) is 16.3 Å². The Hall–Kier alpha value is -2.85. The molecule has 4 nitrogen and oxygen atoms in total. The zero-order valence-electron chi connectivity index (χ0n) is 12.9. The van der Waals surface area contributed by atoms with Gasteiger partial charge in [-0.25, -0.2) is 4.98 Å². The lowest BCUT2D eigenvalue weighted by Gasteiger charge is -2.05. The molecule has 0 aliphatic rings. The van der Waals surface area contributed by atoms with Crippen LogP contribution in [0.2, 0.25) is 5.15 Å². The highest BCUT2D eigenvalue weighted by atomic mass is 35.5. The number of phenols is 1.